The Morgan fingerprint density at radius 1 is 0.972 bits per heavy atom. The zero-order valence-electron chi connectivity index (χ0n) is 18.8. The van der Waals surface area contributed by atoms with Gasteiger partial charge in [0.25, 0.3) is 5.91 Å². The third-order valence-electron chi connectivity index (χ3n) is 5.42. The molecule has 2 aromatic carbocycles. The second kappa shape index (κ2) is 10.00. The minimum Gasteiger partial charge on any atom is -0.477 e. The van der Waals surface area contributed by atoms with Gasteiger partial charge in [-0.05, 0) is 36.4 Å². The summed E-state index contributed by atoms with van der Waals surface area (Å²) in [4.78, 5) is 23.6. The van der Waals surface area contributed by atoms with Crippen LogP contribution in [0.25, 0.3) is 11.3 Å². The monoisotopic (exact) mass is 527 g/mol. The minimum absolute atomic E-state index is 0.00159. The van der Waals surface area contributed by atoms with Gasteiger partial charge in [-0.3, -0.25) is 4.79 Å². The molecule has 0 saturated carbocycles. The van der Waals surface area contributed by atoms with E-state index in [4.69, 9.17) is 4.74 Å². The number of hydrogen-bond donors (Lipinski definition) is 0. The van der Waals surface area contributed by atoms with E-state index in [1.807, 2.05) is 0 Å². The Morgan fingerprint density at radius 2 is 1.61 bits per heavy atom. The van der Waals surface area contributed by atoms with Gasteiger partial charge in [0.15, 0.2) is 5.16 Å². The van der Waals surface area contributed by atoms with Crippen molar-refractivity contribution in [1.82, 2.24) is 14.9 Å². The van der Waals surface area contributed by atoms with Crippen LogP contribution < -0.4 is 4.74 Å². The van der Waals surface area contributed by atoms with E-state index >= 15 is 0 Å². The molecule has 0 bridgehead atoms. The summed E-state index contributed by atoms with van der Waals surface area (Å²) in [5, 5.41) is 0.347. The zero-order chi connectivity index (χ0) is 26.1. The lowest BCUT2D eigenvalue weighted by Crippen LogP contribution is -2.35. The normalized spacial score (nSPS) is 14.6. The molecule has 2 heterocycles. The summed E-state index contributed by atoms with van der Waals surface area (Å²) in [5.41, 5.74) is -2.32. The van der Waals surface area contributed by atoms with E-state index in [1.54, 1.807) is 36.6 Å². The standard InChI is InChI=1S/C24H19F6N3O2S/c1-36-22-31-19(15-6-3-2-4-7-15)18-20(32-22)35-9-5-8-33(21(18)34)13-14-10-16(23(25,26)27)12-17(11-14)24(28,29)30/h2-4,6-7,10-12H,5,8-9,13H2,1H3. The molecule has 12 heteroatoms. The fraction of sp³-hybridized carbons (Fsp3) is 0.292. The second-order valence-corrected chi connectivity index (χ2v) is 8.72. The highest BCUT2D eigenvalue weighted by molar-refractivity contribution is 7.98. The van der Waals surface area contributed by atoms with E-state index in [2.05, 4.69) is 9.97 Å². The van der Waals surface area contributed by atoms with Gasteiger partial charge in [-0.1, -0.05) is 42.1 Å². The maximum absolute atomic E-state index is 13.7. The fourth-order valence-corrected chi connectivity index (χ4v) is 4.14. The highest BCUT2D eigenvalue weighted by Gasteiger charge is 2.37. The molecule has 0 N–H and O–H groups in total. The van der Waals surface area contributed by atoms with Gasteiger partial charge in [0.2, 0.25) is 5.88 Å². The summed E-state index contributed by atoms with van der Waals surface area (Å²) in [6.07, 6.45) is -7.92. The van der Waals surface area contributed by atoms with Crippen LogP contribution in [0, 0.1) is 0 Å². The lowest BCUT2D eigenvalue weighted by molar-refractivity contribution is -0.143. The van der Waals surface area contributed by atoms with E-state index in [0.717, 1.165) is 0 Å². The average molecular weight is 527 g/mol. The van der Waals surface area contributed by atoms with E-state index in [0.29, 0.717) is 29.3 Å². The van der Waals surface area contributed by atoms with Crippen LogP contribution in [-0.2, 0) is 18.9 Å². The van der Waals surface area contributed by atoms with Crippen LogP contribution >= 0.6 is 11.8 Å². The number of nitrogens with zero attached hydrogens (tertiary/aromatic N) is 3. The number of hydrogen-bond acceptors (Lipinski definition) is 5. The molecule has 1 amide bonds. The number of carbonyl (C=O) groups is 1. The summed E-state index contributed by atoms with van der Waals surface area (Å²) in [6.45, 7) is -0.273. The molecule has 0 atom stereocenters. The summed E-state index contributed by atoms with van der Waals surface area (Å²) in [5.74, 6) is -0.634. The third-order valence-corrected chi connectivity index (χ3v) is 5.97. The smallest absolute Gasteiger partial charge is 0.416 e. The molecule has 1 aliphatic heterocycles. The van der Waals surface area contributed by atoms with Crippen molar-refractivity contribution in [2.24, 2.45) is 0 Å². The van der Waals surface area contributed by atoms with Gasteiger partial charge < -0.3 is 9.64 Å². The quantitative estimate of drug-likeness (QED) is 0.226. The molecule has 0 spiro atoms. The predicted octanol–water partition coefficient (Wildman–Crippen LogP) is 6.33. The number of ether oxygens (including phenoxy) is 1. The third kappa shape index (κ3) is 5.58. The molecule has 36 heavy (non-hydrogen) atoms. The SMILES string of the molecule is CSc1nc2c(c(-c3ccccc3)n1)C(=O)N(Cc1cc(C(F)(F)F)cc(C(F)(F)F)c1)CCCO2. The maximum Gasteiger partial charge on any atom is 0.416 e. The fourth-order valence-electron chi connectivity index (χ4n) is 3.78. The van der Waals surface area contributed by atoms with E-state index in [9.17, 15) is 31.1 Å². The van der Waals surface area contributed by atoms with Crippen LogP contribution in [0.4, 0.5) is 26.3 Å². The minimum atomic E-state index is -4.99. The summed E-state index contributed by atoms with van der Waals surface area (Å²) < 4.78 is 85.7. The van der Waals surface area contributed by atoms with Crippen molar-refractivity contribution in [2.45, 2.75) is 30.5 Å². The van der Waals surface area contributed by atoms with E-state index < -0.39 is 35.9 Å². The molecule has 0 radical (unpaired) electrons. The van der Waals surface area contributed by atoms with Crippen molar-refractivity contribution >= 4 is 17.7 Å². The largest absolute Gasteiger partial charge is 0.477 e. The number of alkyl halides is 6. The van der Waals surface area contributed by atoms with Crippen LogP contribution in [-0.4, -0.2) is 40.2 Å². The van der Waals surface area contributed by atoms with Gasteiger partial charge in [-0.2, -0.15) is 31.3 Å². The number of thioether (sulfide) groups is 1. The predicted molar refractivity (Wildman–Crippen MR) is 121 cm³/mol. The van der Waals surface area contributed by atoms with Crippen molar-refractivity contribution in [3.8, 4) is 17.1 Å². The number of aromatic nitrogens is 2. The van der Waals surface area contributed by atoms with Crippen LogP contribution in [0.2, 0.25) is 0 Å². The van der Waals surface area contributed by atoms with Crippen molar-refractivity contribution < 1.29 is 35.9 Å². The Kier molecular flexibility index (Phi) is 7.17. The maximum atomic E-state index is 13.7. The van der Waals surface area contributed by atoms with Gasteiger partial charge in [0, 0.05) is 18.7 Å². The molecule has 4 rings (SSSR count). The van der Waals surface area contributed by atoms with Crippen molar-refractivity contribution in [3.63, 3.8) is 0 Å². The van der Waals surface area contributed by atoms with Gasteiger partial charge in [-0.15, -0.1) is 0 Å². The van der Waals surface area contributed by atoms with Gasteiger partial charge in [-0.25, -0.2) is 4.98 Å². The molecule has 1 aromatic heterocycles. The topological polar surface area (TPSA) is 55.3 Å². The Balaban J connectivity index is 1.80. The lowest BCUT2D eigenvalue weighted by atomic mass is 10.0. The molecular weight excluding hydrogens is 508 g/mol. The van der Waals surface area contributed by atoms with Crippen molar-refractivity contribution in [1.29, 1.82) is 0 Å². The first kappa shape index (κ1) is 25.8. The Bertz CT molecular complexity index is 1230. The number of rotatable bonds is 4. The first-order valence-corrected chi connectivity index (χ1v) is 11.9. The molecule has 1 aliphatic rings. The summed E-state index contributed by atoms with van der Waals surface area (Å²) in [7, 11) is 0. The van der Waals surface area contributed by atoms with Crippen LogP contribution in [0.1, 0.15) is 33.5 Å². The van der Waals surface area contributed by atoms with Gasteiger partial charge in [0.1, 0.15) is 5.56 Å². The molecule has 0 unspecified atom stereocenters. The summed E-state index contributed by atoms with van der Waals surface area (Å²) >= 11 is 1.23. The Labute approximate surface area is 206 Å². The summed E-state index contributed by atoms with van der Waals surface area (Å²) in [6, 6.07) is 10.0. The molecule has 0 fully saturated rings. The molecule has 3 aromatic rings. The molecule has 0 aliphatic carbocycles. The Morgan fingerprint density at radius 3 is 2.19 bits per heavy atom. The van der Waals surface area contributed by atoms with E-state index in [-0.39, 0.29) is 41.9 Å². The lowest BCUT2D eigenvalue weighted by Gasteiger charge is -2.28. The highest BCUT2D eigenvalue weighted by Crippen LogP contribution is 2.37. The molecule has 190 valence electrons. The molecule has 0 saturated heterocycles. The number of fused-ring (bicyclic) bond motifs is 1. The molecular formula is C24H19F6N3O2S. The number of carbonyl (C=O) groups excluding carboxylic acids is 1. The second-order valence-electron chi connectivity index (χ2n) is 7.95. The average Bonchev–Trinajstić information content (AvgIpc) is 2.83. The molecule has 5 nitrogen and oxygen atoms in total. The highest BCUT2D eigenvalue weighted by atomic mass is 32.2. The Hall–Kier alpha value is -3.28. The van der Waals surface area contributed by atoms with Crippen LogP contribution in [0.5, 0.6) is 5.88 Å². The number of benzene rings is 2. The zero-order valence-corrected chi connectivity index (χ0v) is 19.6. The van der Waals surface area contributed by atoms with Crippen LogP contribution in [0.15, 0.2) is 53.7 Å². The first-order chi connectivity index (χ1) is 17.0. The van der Waals surface area contributed by atoms with Crippen molar-refractivity contribution in [2.75, 3.05) is 19.4 Å². The number of amides is 1. The van der Waals surface area contributed by atoms with E-state index in [1.165, 1.54) is 16.7 Å². The van der Waals surface area contributed by atoms with Crippen molar-refractivity contribution in [3.05, 3.63) is 70.8 Å². The van der Waals surface area contributed by atoms with Gasteiger partial charge in [0.05, 0.1) is 23.4 Å². The van der Waals surface area contributed by atoms with Crippen LogP contribution in [0.3, 0.4) is 0 Å². The van der Waals surface area contributed by atoms with Gasteiger partial charge >= 0.3 is 12.4 Å². The number of halogens is 6. The first-order valence-electron chi connectivity index (χ1n) is 10.7.